The third-order valence-electron chi connectivity index (χ3n) is 2.31. The number of hydrogen-bond donors (Lipinski definition) is 0. The van der Waals surface area contributed by atoms with E-state index in [9.17, 15) is 4.79 Å². The molecule has 0 saturated heterocycles. The van der Waals surface area contributed by atoms with Crippen LogP contribution < -0.4 is 0 Å². The number of rotatable bonds is 2. The zero-order valence-electron chi connectivity index (χ0n) is 7.25. The minimum atomic E-state index is -0.208. The molecule has 0 aromatic rings. The van der Waals surface area contributed by atoms with Crippen LogP contribution in [0.3, 0.4) is 0 Å². The number of ketones is 1. The van der Waals surface area contributed by atoms with Crippen molar-refractivity contribution in [1.29, 1.82) is 0 Å². The first kappa shape index (κ1) is 9.06. The van der Waals surface area contributed by atoms with Gasteiger partial charge in [0.05, 0.1) is 0 Å². The first-order chi connectivity index (χ1) is 5.83. The van der Waals surface area contributed by atoms with E-state index in [1.165, 1.54) is 38.2 Å². The minimum Gasteiger partial charge on any atom is -0.280 e. The van der Waals surface area contributed by atoms with Crippen molar-refractivity contribution >= 4 is 5.78 Å². The number of carbonyl (C=O) groups is 1. The molecule has 0 aliphatic heterocycles. The van der Waals surface area contributed by atoms with Gasteiger partial charge in [0.25, 0.3) is 0 Å². The van der Waals surface area contributed by atoms with Crippen LogP contribution >= 0.6 is 0 Å². The molecular weight excluding hydrogens is 148 g/mol. The van der Waals surface area contributed by atoms with Gasteiger partial charge in [-0.25, -0.2) is 0 Å². The van der Waals surface area contributed by atoms with Crippen LogP contribution in [0.4, 0.5) is 0 Å². The van der Waals surface area contributed by atoms with Gasteiger partial charge >= 0.3 is 0 Å². The molecule has 0 atom stereocenters. The molecule has 1 saturated carbocycles. The van der Waals surface area contributed by atoms with Gasteiger partial charge in [-0.05, 0) is 30.8 Å². The smallest absolute Gasteiger partial charge is 0.228 e. The van der Waals surface area contributed by atoms with Crippen molar-refractivity contribution in [3.63, 3.8) is 0 Å². The molecule has 0 spiro atoms. The fourth-order valence-corrected chi connectivity index (χ4v) is 1.60. The van der Waals surface area contributed by atoms with E-state index in [0.29, 0.717) is 5.92 Å². The molecule has 1 aliphatic carbocycles. The third-order valence-corrected chi connectivity index (χ3v) is 2.31. The summed E-state index contributed by atoms with van der Waals surface area (Å²) in [6.07, 6.45) is 14.8. The SMILES string of the molecule is C#CC(=O)C=CC1CCCCC1. The van der Waals surface area contributed by atoms with Crippen molar-refractivity contribution in [1.82, 2.24) is 0 Å². The molecule has 0 aromatic heterocycles. The fraction of sp³-hybridized carbons (Fsp3) is 0.545. The number of allylic oxidation sites excluding steroid dienone is 2. The van der Waals surface area contributed by atoms with Crippen LogP contribution in [-0.2, 0) is 4.79 Å². The van der Waals surface area contributed by atoms with E-state index in [1.807, 2.05) is 6.08 Å². The van der Waals surface area contributed by atoms with Crippen LogP contribution in [0.15, 0.2) is 12.2 Å². The maximum Gasteiger partial charge on any atom is 0.228 e. The highest BCUT2D eigenvalue weighted by molar-refractivity contribution is 6.03. The van der Waals surface area contributed by atoms with Crippen LogP contribution in [0.1, 0.15) is 32.1 Å². The van der Waals surface area contributed by atoms with Crippen LogP contribution in [-0.4, -0.2) is 5.78 Å². The normalized spacial score (nSPS) is 19.2. The van der Waals surface area contributed by atoms with E-state index in [0.717, 1.165) is 0 Å². The number of terminal acetylenes is 1. The Morgan fingerprint density at radius 1 is 1.33 bits per heavy atom. The second kappa shape index (κ2) is 4.77. The van der Waals surface area contributed by atoms with Crippen LogP contribution in [0, 0.1) is 18.3 Å². The number of carbonyl (C=O) groups excluding carboxylic acids is 1. The molecule has 0 N–H and O–H groups in total. The summed E-state index contributed by atoms with van der Waals surface area (Å²) in [7, 11) is 0. The lowest BCUT2D eigenvalue weighted by molar-refractivity contribution is -0.109. The van der Waals surface area contributed by atoms with Gasteiger partial charge in [0.1, 0.15) is 0 Å². The summed E-state index contributed by atoms with van der Waals surface area (Å²) in [5.74, 6) is 2.46. The Hall–Kier alpha value is -1.03. The zero-order valence-corrected chi connectivity index (χ0v) is 7.25. The summed E-state index contributed by atoms with van der Waals surface area (Å²) in [4.78, 5) is 10.7. The molecule has 64 valence electrons. The second-order valence-corrected chi connectivity index (χ2v) is 3.27. The summed E-state index contributed by atoms with van der Waals surface area (Å²) in [6, 6.07) is 0. The van der Waals surface area contributed by atoms with Gasteiger partial charge < -0.3 is 0 Å². The molecule has 1 fully saturated rings. The summed E-state index contributed by atoms with van der Waals surface area (Å²) >= 11 is 0. The zero-order chi connectivity index (χ0) is 8.81. The molecule has 0 radical (unpaired) electrons. The molecule has 1 rings (SSSR count). The molecule has 1 aliphatic rings. The minimum absolute atomic E-state index is 0.208. The van der Waals surface area contributed by atoms with Crippen molar-refractivity contribution < 1.29 is 4.79 Å². The summed E-state index contributed by atoms with van der Waals surface area (Å²) in [5, 5.41) is 0. The lowest BCUT2D eigenvalue weighted by Gasteiger charge is -2.17. The molecule has 0 heterocycles. The van der Waals surface area contributed by atoms with Crippen molar-refractivity contribution in [2.45, 2.75) is 32.1 Å². The molecule has 0 aromatic carbocycles. The Bertz CT molecular complexity index is 214. The van der Waals surface area contributed by atoms with E-state index in [1.54, 1.807) is 0 Å². The van der Waals surface area contributed by atoms with Gasteiger partial charge in [0.2, 0.25) is 5.78 Å². The second-order valence-electron chi connectivity index (χ2n) is 3.27. The Labute approximate surface area is 73.9 Å². The monoisotopic (exact) mass is 162 g/mol. The van der Waals surface area contributed by atoms with Crippen molar-refractivity contribution in [2.24, 2.45) is 5.92 Å². The molecule has 1 nitrogen and oxygen atoms in total. The van der Waals surface area contributed by atoms with Crippen LogP contribution in [0.5, 0.6) is 0 Å². The number of hydrogen-bond acceptors (Lipinski definition) is 1. The fourth-order valence-electron chi connectivity index (χ4n) is 1.60. The van der Waals surface area contributed by atoms with E-state index in [-0.39, 0.29) is 5.78 Å². The predicted octanol–water partition coefficient (Wildman–Crippen LogP) is 2.33. The Morgan fingerprint density at radius 3 is 2.58 bits per heavy atom. The average molecular weight is 162 g/mol. The first-order valence-electron chi connectivity index (χ1n) is 4.51. The maximum atomic E-state index is 10.7. The van der Waals surface area contributed by atoms with Gasteiger partial charge in [0.15, 0.2) is 0 Å². The predicted molar refractivity (Wildman–Crippen MR) is 49.6 cm³/mol. The molecule has 0 unspecified atom stereocenters. The maximum absolute atomic E-state index is 10.7. The first-order valence-corrected chi connectivity index (χ1v) is 4.51. The van der Waals surface area contributed by atoms with E-state index >= 15 is 0 Å². The molecule has 12 heavy (non-hydrogen) atoms. The largest absolute Gasteiger partial charge is 0.280 e. The van der Waals surface area contributed by atoms with Crippen molar-refractivity contribution in [2.75, 3.05) is 0 Å². The molecule has 0 amide bonds. The van der Waals surface area contributed by atoms with Crippen LogP contribution in [0.25, 0.3) is 0 Å². The summed E-state index contributed by atoms with van der Waals surface area (Å²) in [5.41, 5.74) is 0. The molecular formula is C11H14O. The topological polar surface area (TPSA) is 17.1 Å². The summed E-state index contributed by atoms with van der Waals surface area (Å²) in [6.45, 7) is 0. The van der Waals surface area contributed by atoms with Gasteiger partial charge in [-0.2, -0.15) is 0 Å². The summed E-state index contributed by atoms with van der Waals surface area (Å²) < 4.78 is 0. The lowest BCUT2D eigenvalue weighted by Crippen LogP contribution is -2.03. The van der Waals surface area contributed by atoms with Gasteiger partial charge in [-0.3, -0.25) is 4.79 Å². The average Bonchev–Trinajstić information content (AvgIpc) is 2.16. The van der Waals surface area contributed by atoms with Crippen molar-refractivity contribution in [3.8, 4) is 12.3 Å². The Morgan fingerprint density at radius 2 is 2.00 bits per heavy atom. The lowest BCUT2D eigenvalue weighted by atomic mass is 9.89. The Balaban J connectivity index is 2.34. The van der Waals surface area contributed by atoms with E-state index < -0.39 is 0 Å². The highest BCUT2D eigenvalue weighted by Crippen LogP contribution is 2.24. The molecule has 1 heteroatoms. The standard InChI is InChI=1S/C11H14O/c1-2-11(12)9-8-10-6-4-3-5-7-10/h1,8-10H,3-7H2. The highest BCUT2D eigenvalue weighted by Gasteiger charge is 2.09. The Kier molecular flexibility index (Phi) is 3.60. The third kappa shape index (κ3) is 2.92. The van der Waals surface area contributed by atoms with E-state index in [4.69, 9.17) is 6.42 Å². The van der Waals surface area contributed by atoms with Gasteiger partial charge in [-0.15, -0.1) is 6.42 Å². The van der Waals surface area contributed by atoms with Gasteiger partial charge in [0, 0.05) is 0 Å². The quantitative estimate of drug-likeness (QED) is 0.346. The van der Waals surface area contributed by atoms with E-state index in [2.05, 4.69) is 5.92 Å². The highest BCUT2D eigenvalue weighted by atomic mass is 16.1. The van der Waals surface area contributed by atoms with Crippen LogP contribution in [0.2, 0.25) is 0 Å². The molecule has 0 bridgehead atoms. The van der Waals surface area contributed by atoms with Gasteiger partial charge in [-0.1, -0.05) is 25.3 Å². The van der Waals surface area contributed by atoms with Crippen molar-refractivity contribution in [3.05, 3.63) is 12.2 Å².